The summed E-state index contributed by atoms with van der Waals surface area (Å²) in [5.41, 5.74) is 1.91. The summed E-state index contributed by atoms with van der Waals surface area (Å²) in [5.74, 6) is -1.48. The number of hydrogen-bond acceptors (Lipinski definition) is 8. The second-order valence-electron chi connectivity index (χ2n) is 9.47. The number of rotatable bonds is 14. The van der Waals surface area contributed by atoms with Crippen LogP contribution >= 0.6 is 46.4 Å². The van der Waals surface area contributed by atoms with E-state index in [4.69, 9.17) is 65.4 Å². The predicted octanol–water partition coefficient (Wildman–Crippen LogP) is 6.78. The first kappa shape index (κ1) is 32.7. The Morgan fingerprint density at radius 2 is 1.35 bits per heavy atom. The molecule has 1 heterocycles. The number of ether oxygens (including phenoxy) is 2. The van der Waals surface area contributed by atoms with E-state index in [1.165, 1.54) is 30.3 Å². The van der Waals surface area contributed by atoms with Crippen LogP contribution in [0.15, 0.2) is 46.9 Å². The minimum absolute atomic E-state index is 0.000436. The van der Waals surface area contributed by atoms with Crippen LogP contribution in [0.25, 0.3) is 22.6 Å². The van der Waals surface area contributed by atoms with Crippen molar-refractivity contribution in [3.05, 3.63) is 73.7 Å². The number of benzene rings is 3. The third kappa shape index (κ3) is 8.44. The van der Waals surface area contributed by atoms with E-state index in [-0.39, 0.29) is 87.5 Å². The van der Waals surface area contributed by atoms with Crippen molar-refractivity contribution in [1.82, 2.24) is 4.98 Å². The number of aromatic carboxylic acids is 1. The van der Waals surface area contributed by atoms with Crippen LogP contribution in [-0.2, 0) is 11.2 Å². The molecule has 0 saturated carbocycles. The molecule has 4 rings (SSSR count). The van der Waals surface area contributed by atoms with Gasteiger partial charge in [-0.15, -0.1) is 0 Å². The Balaban J connectivity index is 1.28. The van der Waals surface area contributed by atoms with Crippen molar-refractivity contribution in [2.45, 2.75) is 37.9 Å². The van der Waals surface area contributed by atoms with Gasteiger partial charge in [-0.2, -0.15) is 0 Å². The Morgan fingerprint density at radius 3 is 1.86 bits per heavy atom. The van der Waals surface area contributed by atoms with Crippen LogP contribution in [0.1, 0.15) is 35.2 Å². The number of aromatic nitrogens is 1. The second-order valence-corrected chi connectivity index (χ2v) is 11.1. The predicted molar refractivity (Wildman–Crippen MR) is 161 cm³/mol. The van der Waals surface area contributed by atoms with E-state index in [1.54, 1.807) is 12.1 Å². The summed E-state index contributed by atoms with van der Waals surface area (Å²) in [7, 11) is 0. The zero-order valence-corrected chi connectivity index (χ0v) is 25.3. The van der Waals surface area contributed by atoms with Crippen LogP contribution in [0.2, 0.25) is 20.1 Å². The first-order chi connectivity index (χ1) is 20.4. The molecule has 228 valence electrons. The number of aliphatic carboxylic acids is 1. The molecule has 0 amide bonds. The van der Waals surface area contributed by atoms with Gasteiger partial charge in [0.15, 0.2) is 17.1 Å². The number of halogens is 4. The van der Waals surface area contributed by atoms with Crippen molar-refractivity contribution in [3.63, 3.8) is 0 Å². The van der Waals surface area contributed by atoms with E-state index in [1.807, 2.05) is 0 Å². The Hall–Kier alpha value is -3.25. The smallest absolute Gasteiger partial charge is 0.335 e. The molecule has 3 aromatic carbocycles. The Bertz CT molecular complexity index is 1600. The topological polar surface area (TPSA) is 160 Å². The van der Waals surface area contributed by atoms with Crippen molar-refractivity contribution < 1.29 is 43.9 Å². The number of aliphatic hydroxyl groups is 2. The lowest BCUT2D eigenvalue weighted by molar-refractivity contribution is -0.136. The molecule has 0 radical (unpaired) electrons. The number of nitrogens with zero attached hydrogens (tertiary/aromatic N) is 1. The fraction of sp³-hybridized carbons (Fsp3) is 0.276. The van der Waals surface area contributed by atoms with Crippen molar-refractivity contribution in [1.29, 1.82) is 0 Å². The van der Waals surface area contributed by atoms with Crippen molar-refractivity contribution >= 4 is 69.4 Å². The van der Waals surface area contributed by atoms with Gasteiger partial charge in [0, 0.05) is 24.8 Å². The molecule has 0 aliphatic rings. The summed E-state index contributed by atoms with van der Waals surface area (Å²) < 4.78 is 17.0. The molecule has 1 aromatic heterocycles. The zero-order chi connectivity index (χ0) is 31.3. The third-order valence-corrected chi connectivity index (χ3v) is 7.45. The molecule has 2 atom stereocenters. The van der Waals surface area contributed by atoms with Crippen LogP contribution < -0.4 is 9.47 Å². The summed E-state index contributed by atoms with van der Waals surface area (Å²) in [4.78, 5) is 26.3. The molecule has 0 fully saturated rings. The van der Waals surface area contributed by atoms with Gasteiger partial charge in [0.25, 0.3) is 0 Å². The van der Waals surface area contributed by atoms with Gasteiger partial charge in [-0.3, -0.25) is 4.79 Å². The molecule has 10 nitrogen and oxygen atoms in total. The number of aryl methyl sites for hydroxylation is 1. The van der Waals surface area contributed by atoms with Gasteiger partial charge in [0.2, 0.25) is 5.89 Å². The molecule has 0 spiro atoms. The minimum atomic E-state index is -1.15. The summed E-state index contributed by atoms with van der Waals surface area (Å²) in [6, 6.07) is 10.5. The van der Waals surface area contributed by atoms with E-state index in [0.29, 0.717) is 16.6 Å². The maximum Gasteiger partial charge on any atom is 0.335 e. The van der Waals surface area contributed by atoms with Crippen molar-refractivity contribution in [2.24, 2.45) is 0 Å². The van der Waals surface area contributed by atoms with Gasteiger partial charge >= 0.3 is 11.9 Å². The average molecular weight is 673 g/mol. The van der Waals surface area contributed by atoms with Crippen LogP contribution in [0.4, 0.5) is 0 Å². The van der Waals surface area contributed by atoms with Gasteiger partial charge in [0.05, 0.1) is 51.1 Å². The molecule has 4 N–H and O–H groups in total. The van der Waals surface area contributed by atoms with E-state index in [2.05, 4.69) is 4.98 Å². The molecule has 0 saturated heterocycles. The van der Waals surface area contributed by atoms with Gasteiger partial charge in [-0.05, 0) is 54.4 Å². The first-order valence-electron chi connectivity index (χ1n) is 12.9. The quantitative estimate of drug-likeness (QED) is 0.112. The zero-order valence-electron chi connectivity index (χ0n) is 22.2. The molecular formula is C29H25Cl4NO9. The standard InChI is InChI=1S/C29H25Cl4NO9/c30-17-9-14(1-4-25(37)38)10-18(31)26(17)41-7-5-22(35)23(36)6-8-42-27-19(32)11-16(12-20(27)33)28-34-21-3-2-15(29(39)40)13-24(21)43-28/h2-3,9-13,22-23,35-36H,1,4-8H2,(H,37,38)(H,39,40)/t22-,23-/m0/s1. The van der Waals surface area contributed by atoms with Gasteiger partial charge in [-0.25, -0.2) is 9.78 Å². The lowest BCUT2D eigenvalue weighted by atomic mass is 10.1. The Labute approximate surface area is 265 Å². The summed E-state index contributed by atoms with van der Waals surface area (Å²) in [5, 5.41) is 39.5. The van der Waals surface area contributed by atoms with Crippen molar-refractivity contribution in [3.8, 4) is 23.0 Å². The molecule has 0 aliphatic heterocycles. The lowest BCUT2D eigenvalue weighted by Gasteiger charge is -2.19. The number of fused-ring (bicyclic) bond motifs is 1. The lowest BCUT2D eigenvalue weighted by Crippen LogP contribution is -2.29. The summed E-state index contributed by atoms with van der Waals surface area (Å²) in [6.07, 6.45) is -2.00. The number of carbonyl (C=O) groups is 2. The second kappa shape index (κ2) is 14.5. The fourth-order valence-corrected chi connectivity index (χ4v) is 5.33. The molecule has 43 heavy (non-hydrogen) atoms. The van der Waals surface area contributed by atoms with Crippen LogP contribution in [0, 0.1) is 0 Å². The van der Waals surface area contributed by atoms with Crippen LogP contribution in [0.3, 0.4) is 0 Å². The third-order valence-electron chi connectivity index (χ3n) is 6.33. The number of oxazole rings is 1. The molecule has 14 heteroatoms. The maximum atomic E-state index is 11.2. The van der Waals surface area contributed by atoms with Crippen molar-refractivity contribution in [2.75, 3.05) is 13.2 Å². The average Bonchev–Trinajstić information content (AvgIpc) is 3.38. The maximum absolute atomic E-state index is 11.2. The SMILES string of the molecule is O=C(O)CCc1cc(Cl)c(OCC[C@H](O)[C@@H](O)CCOc2c(Cl)cc(-c3nc4ccc(C(=O)O)cc4o3)cc2Cl)c(Cl)c1. The molecule has 0 aliphatic carbocycles. The van der Waals surface area contributed by atoms with E-state index >= 15 is 0 Å². The van der Waals surface area contributed by atoms with Gasteiger partial charge < -0.3 is 34.3 Å². The fourth-order valence-electron chi connectivity index (χ4n) is 4.10. The van der Waals surface area contributed by atoms with Gasteiger partial charge in [0.1, 0.15) is 5.52 Å². The number of carboxylic acids is 2. The highest BCUT2D eigenvalue weighted by Crippen LogP contribution is 2.38. The number of carboxylic acid groups (broad SMARTS) is 2. The molecule has 4 aromatic rings. The Kier molecular flexibility index (Phi) is 11.0. The highest BCUT2D eigenvalue weighted by molar-refractivity contribution is 6.38. The normalized spacial score (nSPS) is 12.7. The van der Waals surface area contributed by atoms with E-state index < -0.39 is 24.1 Å². The number of aliphatic hydroxyl groups excluding tert-OH is 2. The number of hydrogen-bond donors (Lipinski definition) is 4. The van der Waals surface area contributed by atoms with E-state index in [0.717, 1.165) is 0 Å². The van der Waals surface area contributed by atoms with Crippen LogP contribution in [-0.4, -0.2) is 62.8 Å². The Morgan fingerprint density at radius 1 is 0.814 bits per heavy atom. The monoisotopic (exact) mass is 671 g/mol. The molecule has 0 unspecified atom stereocenters. The largest absolute Gasteiger partial charge is 0.490 e. The van der Waals surface area contributed by atoms with E-state index in [9.17, 15) is 24.9 Å². The molecular weight excluding hydrogens is 648 g/mol. The van der Waals surface area contributed by atoms with Gasteiger partial charge in [-0.1, -0.05) is 46.4 Å². The summed E-state index contributed by atoms with van der Waals surface area (Å²) >= 11 is 25.2. The highest BCUT2D eigenvalue weighted by Gasteiger charge is 2.20. The highest BCUT2D eigenvalue weighted by atomic mass is 35.5. The minimum Gasteiger partial charge on any atom is -0.490 e. The van der Waals surface area contributed by atoms with Crippen LogP contribution in [0.5, 0.6) is 11.5 Å². The molecule has 0 bridgehead atoms. The first-order valence-corrected chi connectivity index (χ1v) is 14.4. The summed E-state index contributed by atoms with van der Waals surface area (Å²) in [6.45, 7) is -0.0201.